The molecule has 0 saturated carbocycles. The number of carbonyl (C=O) groups excluding carboxylic acids is 2. The number of urea groups is 1. The zero-order chi connectivity index (χ0) is 32.3. The number of rotatable bonds is 8. The van der Waals surface area contributed by atoms with Crippen LogP contribution in [0, 0.1) is 6.92 Å². The van der Waals surface area contributed by atoms with E-state index in [0.29, 0.717) is 29.6 Å². The molecule has 234 valence electrons. The van der Waals surface area contributed by atoms with E-state index in [9.17, 15) is 22.8 Å². The first-order valence-electron chi connectivity index (χ1n) is 14.2. The lowest BCUT2D eigenvalue weighted by molar-refractivity contribution is -0.274. The van der Waals surface area contributed by atoms with Gasteiger partial charge >= 0.3 is 12.4 Å². The number of hydrogen-bond donors (Lipinski definition) is 0. The topological polar surface area (TPSA) is 92.9 Å². The predicted molar refractivity (Wildman–Crippen MR) is 168 cm³/mol. The fraction of sp³-hybridized carbons (Fsp3) is 0.281. The maximum absolute atomic E-state index is 13.1. The molecule has 4 aromatic rings. The van der Waals surface area contributed by atoms with Gasteiger partial charge in [0.2, 0.25) is 5.91 Å². The summed E-state index contributed by atoms with van der Waals surface area (Å²) in [6.45, 7) is 6.51. The average Bonchev–Trinajstić information content (AvgIpc) is 3.63. The van der Waals surface area contributed by atoms with Gasteiger partial charge in [0, 0.05) is 19.2 Å². The Balaban J connectivity index is 1.21. The fourth-order valence-electron chi connectivity index (χ4n) is 4.82. The maximum atomic E-state index is 13.1. The Kier molecular flexibility index (Phi) is 9.28. The molecule has 1 saturated heterocycles. The third-order valence-corrected chi connectivity index (χ3v) is 8.10. The molecule has 0 bridgehead atoms. The number of amides is 3. The number of aryl methyl sites for hydroxylation is 1. The first-order valence-corrected chi connectivity index (χ1v) is 15.1. The Morgan fingerprint density at radius 2 is 1.80 bits per heavy atom. The molecule has 0 N–H and O–H groups in total. The third-order valence-electron chi connectivity index (χ3n) is 7.17. The van der Waals surface area contributed by atoms with E-state index in [2.05, 4.69) is 33.7 Å². The fourth-order valence-corrected chi connectivity index (χ4v) is 5.66. The van der Waals surface area contributed by atoms with Crippen molar-refractivity contribution >= 4 is 34.6 Å². The Morgan fingerprint density at radius 1 is 1.09 bits per heavy atom. The first-order chi connectivity index (χ1) is 21.4. The van der Waals surface area contributed by atoms with E-state index in [1.165, 1.54) is 51.9 Å². The molecule has 9 nitrogen and oxygen atoms in total. The van der Waals surface area contributed by atoms with Crippen LogP contribution in [0.1, 0.15) is 36.5 Å². The highest BCUT2D eigenvalue weighted by atomic mass is 32.2. The van der Waals surface area contributed by atoms with Gasteiger partial charge in [0.05, 0.1) is 17.1 Å². The van der Waals surface area contributed by atoms with E-state index in [0.717, 1.165) is 27.9 Å². The van der Waals surface area contributed by atoms with Crippen molar-refractivity contribution in [1.29, 1.82) is 0 Å². The number of benzene rings is 3. The highest BCUT2D eigenvalue weighted by Crippen LogP contribution is 2.36. The van der Waals surface area contributed by atoms with Crippen LogP contribution in [-0.4, -0.2) is 62.5 Å². The number of thioether (sulfide) groups is 1. The summed E-state index contributed by atoms with van der Waals surface area (Å²) in [6.07, 6.45) is -2.71. The van der Waals surface area contributed by atoms with Crippen LogP contribution in [0.4, 0.5) is 23.7 Å². The second kappa shape index (κ2) is 13.1. The van der Waals surface area contributed by atoms with Crippen molar-refractivity contribution in [3.8, 4) is 22.8 Å². The molecule has 0 aliphatic carbocycles. The number of ether oxygens (including phenoxy) is 1. The van der Waals surface area contributed by atoms with Crippen LogP contribution in [0.15, 0.2) is 78.0 Å². The van der Waals surface area contributed by atoms with Crippen LogP contribution in [0.25, 0.3) is 17.1 Å². The lowest BCUT2D eigenvalue weighted by Crippen LogP contribution is -2.33. The van der Waals surface area contributed by atoms with Crippen LogP contribution in [0.5, 0.6) is 5.75 Å². The molecule has 5 rings (SSSR count). The van der Waals surface area contributed by atoms with Crippen molar-refractivity contribution in [3.63, 3.8) is 0 Å². The number of nitrogens with zero attached hydrogens (tertiary/aromatic N) is 6. The van der Waals surface area contributed by atoms with Crippen molar-refractivity contribution in [2.45, 2.75) is 39.5 Å². The van der Waals surface area contributed by atoms with Crippen LogP contribution >= 0.6 is 11.8 Å². The van der Waals surface area contributed by atoms with E-state index in [1.54, 1.807) is 11.9 Å². The number of para-hydroxylation sites is 1. The molecule has 1 fully saturated rings. The summed E-state index contributed by atoms with van der Waals surface area (Å²) in [7, 11) is 1.68. The number of amidine groups is 1. The first kappa shape index (κ1) is 31.8. The summed E-state index contributed by atoms with van der Waals surface area (Å²) in [5.41, 5.74) is 5.04. The molecule has 0 unspecified atom stereocenters. The van der Waals surface area contributed by atoms with Gasteiger partial charge in [-0.3, -0.25) is 9.69 Å². The van der Waals surface area contributed by atoms with E-state index in [1.807, 2.05) is 49.4 Å². The largest absolute Gasteiger partial charge is 0.573 e. The van der Waals surface area contributed by atoms with Gasteiger partial charge < -0.3 is 9.64 Å². The second-order valence-corrected chi connectivity index (χ2v) is 11.7. The molecule has 3 aromatic carbocycles. The van der Waals surface area contributed by atoms with Gasteiger partial charge in [-0.15, -0.1) is 18.3 Å². The minimum absolute atomic E-state index is 0.0988. The Hall–Kier alpha value is -4.65. The lowest BCUT2D eigenvalue weighted by Gasteiger charge is -2.24. The van der Waals surface area contributed by atoms with Crippen LogP contribution in [0.3, 0.4) is 0 Å². The molecular formula is C32H31F3N6O3S. The molecular weight excluding hydrogens is 605 g/mol. The van der Waals surface area contributed by atoms with Crippen LogP contribution in [0.2, 0.25) is 0 Å². The number of likely N-dealkylation sites (N-methyl/N-ethyl adjacent to an activating group) is 1. The molecule has 0 radical (unpaired) electrons. The third kappa shape index (κ3) is 7.54. The molecule has 0 spiro atoms. The van der Waals surface area contributed by atoms with Crippen molar-refractivity contribution in [1.82, 2.24) is 19.7 Å². The summed E-state index contributed by atoms with van der Waals surface area (Å²) < 4.78 is 42.6. The van der Waals surface area contributed by atoms with Gasteiger partial charge in [-0.2, -0.15) is 4.99 Å². The monoisotopic (exact) mass is 636 g/mol. The molecule has 1 aliphatic heterocycles. The Labute approximate surface area is 262 Å². The van der Waals surface area contributed by atoms with Gasteiger partial charge in [-0.1, -0.05) is 68.1 Å². The lowest BCUT2D eigenvalue weighted by atomic mass is 9.97. The van der Waals surface area contributed by atoms with Gasteiger partial charge in [-0.25, -0.2) is 14.5 Å². The number of halogens is 3. The highest BCUT2D eigenvalue weighted by molar-refractivity contribution is 8.15. The number of aromatic nitrogens is 3. The Morgan fingerprint density at radius 3 is 2.47 bits per heavy atom. The number of carbonyl (C=O) groups is 2. The standard InChI is InChI=1S/C32H31F3N6O3S/c1-20(2)26-7-5-6-21(3)28(26)41-27(42)18-45-31(41)37-30(43)39(4)17-16-22-8-10-23(11-9-22)29-36-19-40(38-29)24-12-14-25(15-13-24)44-32(33,34)35/h5-15,19-20H,16-18H2,1-4H3/b37-31-. The summed E-state index contributed by atoms with van der Waals surface area (Å²) in [5, 5.41) is 4.81. The normalized spacial score (nSPS) is 14.4. The summed E-state index contributed by atoms with van der Waals surface area (Å²) in [5.74, 6) is 0.447. The second-order valence-electron chi connectivity index (χ2n) is 10.8. The van der Waals surface area contributed by atoms with Crippen molar-refractivity contribution < 1.29 is 27.5 Å². The van der Waals surface area contributed by atoms with Crippen LogP contribution in [-0.2, 0) is 11.2 Å². The zero-order valence-corrected chi connectivity index (χ0v) is 25.9. The number of hydrogen-bond acceptors (Lipinski definition) is 6. The molecule has 3 amide bonds. The highest BCUT2D eigenvalue weighted by Gasteiger charge is 2.34. The van der Waals surface area contributed by atoms with E-state index < -0.39 is 12.4 Å². The summed E-state index contributed by atoms with van der Waals surface area (Å²) >= 11 is 1.26. The SMILES string of the molecule is Cc1cccc(C(C)C)c1N1C(=O)CS/C1=N\C(=O)N(C)CCc1ccc(-c2ncn(-c3ccc(OC(F)(F)F)cc3)n2)cc1. The van der Waals surface area contributed by atoms with Crippen molar-refractivity contribution in [2.24, 2.45) is 4.99 Å². The van der Waals surface area contributed by atoms with Crippen molar-refractivity contribution in [2.75, 3.05) is 24.2 Å². The van der Waals surface area contributed by atoms with E-state index in [4.69, 9.17) is 0 Å². The van der Waals surface area contributed by atoms with E-state index >= 15 is 0 Å². The van der Waals surface area contributed by atoms with Gasteiger partial charge in [0.15, 0.2) is 11.0 Å². The van der Waals surface area contributed by atoms with Gasteiger partial charge in [0.25, 0.3) is 0 Å². The quantitative estimate of drug-likeness (QED) is 0.207. The van der Waals surface area contributed by atoms with E-state index in [-0.39, 0.29) is 23.3 Å². The molecule has 13 heteroatoms. The van der Waals surface area contributed by atoms with Gasteiger partial charge in [-0.05, 0) is 60.2 Å². The predicted octanol–water partition coefficient (Wildman–Crippen LogP) is 7.00. The molecule has 0 atom stereocenters. The van der Waals surface area contributed by atoms with Crippen molar-refractivity contribution in [3.05, 3.63) is 89.7 Å². The van der Waals surface area contributed by atoms with Gasteiger partial charge in [0.1, 0.15) is 12.1 Å². The molecule has 1 aromatic heterocycles. The van der Waals surface area contributed by atoms with Crippen LogP contribution < -0.4 is 9.64 Å². The number of anilines is 1. The molecule has 2 heterocycles. The smallest absolute Gasteiger partial charge is 0.406 e. The maximum Gasteiger partial charge on any atom is 0.573 e. The zero-order valence-electron chi connectivity index (χ0n) is 25.1. The minimum atomic E-state index is -4.76. The summed E-state index contributed by atoms with van der Waals surface area (Å²) in [4.78, 5) is 37.7. The Bertz CT molecular complexity index is 1720. The molecule has 1 aliphatic rings. The number of alkyl halides is 3. The minimum Gasteiger partial charge on any atom is -0.406 e. The number of aliphatic imine (C=N–C) groups is 1. The average molecular weight is 637 g/mol. The molecule has 45 heavy (non-hydrogen) atoms. The summed E-state index contributed by atoms with van der Waals surface area (Å²) in [6, 6.07) is 18.4.